The van der Waals surface area contributed by atoms with Gasteiger partial charge >= 0.3 is 0 Å². The van der Waals surface area contributed by atoms with Gasteiger partial charge < -0.3 is 10.2 Å². The van der Waals surface area contributed by atoms with Crippen LogP contribution in [0.1, 0.15) is 19.8 Å². The molecule has 6 heteroatoms. The van der Waals surface area contributed by atoms with Crippen LogP contribution in [0.15, 0.2) is 24.3 Å². The number of nitrogens with one attached hydrogen (secondary N) is 1. The zero-order valence-electron chi connectivity index (χ0n) is 11.8. The molecule has 20 heavy (non-hydrogen) atoms. The van der Waals surface area contributed by atoms with E-state index in [4.69, 9.17) is 0 Å². The van der Waals surface area contributed by atoms with Crippen molar-refractivity contribution < 1.29 is 9.72 Å². The van der Waals surface area contributed by atoms with E-state index in [-0.39, 0.29) is 11.6 Å². The number of hydrogen-bond acceptors (Lipinski definition) is 4. The maximum atomic E-state index is 12.6. The summed E-state index contributed by atoms with van der Waals surface area (Å²) >= 11 is 0. The number of benzene rings is 1. The summed E-state index contributed by atoms with van der Waals surface area (Å²) in [7, 11) is 1.71. The Labute approximate surface area is 117 Å². The number of rotatable bonds is 3. The fourth-order valence-electron chi connectivity index (χ4n) is 2.56. The first-order chi connectivity index (χ1) is 9.44. The number of nitro benzene ring substituents is 1. The van der Waals surface area contributed by atoms with Gasteiger partial charge in [-0.15, -0.1) is 0 Å². The molecular formula is C14H19N3O3. The molecule has 1 saturated heterocycles. The topological polar surface area (TPSA) is 75.5 Å². The number of carbonyl (C=O) groups excluding carboxylic acids is 1. The van der Waals surface area contributed by atoms with Gasteiger partial charge in [0.15, 0.2) is 0 Å². The molecule has 1 unspecified atom stereocenters. The van der Waals surface area contributed by atoms with E-state index in [0.29, 0.717) is 12.2 Å². The molecule has 0 saturated carbocycles. The zero-order valence-corrected chi connectivity index (χ0v) is 11.8. The first-order valence-corrected chi connectivity index (χ1v) is 6.67. The average Bonchev–Trinajstić information content (AvgIpc) is 2.46. The van der Waals surface area contributed by atoms with Crippen molar-refractivity contribution in [2.75, 3.05) is 25.0 Å². The fourth-order valence-corrected chi connectivity index (χ4v) is 2.56. The second-order valence-corrected chi connectivity index (χ2v) is 5.48. The molecule has 0 aliphatic carbocycles. The highest BCUT2D eigenvalue weighted by Crippen LogP contribution is 2.30. The van der Waals surface area contributed by atoms with Crippen molar-refractivity contribution in [3.8, 4) is 0 Å². The lowest BCUT2D eigenvalue weighted by Crippen LogP contribution is -2.49. The lowest BCUT2D eigenvalue weighted by atomic mass is 9.81. The van der Waals surface area contributed by atoms with Crippen LogP contribution in [-0.4, -0.2) is 31.0 Å². The number of nitrogens with zero attached hydrogens (tertiary/aromatic N) is 2. The van der Waals surface area contributed by atoms with Crippen LogP contribution < -0.4 is 10.2 Å². The monoisotopic (exact) mass is 277 g/mol. The van der Waals surface area contributed by atoms with Crippen molar-refractivity contribution in [3.05, 3.63) is 34.4 Å². The molecule has 108 valence electrons. The van der Waals surface area contributed by atoms with Crippen LogP contribution in [0.5, 0.6) is 0 Å². The number of piperidine rings is 1. The van der Waals surface area contributed by atoms with E-state index in [1.54, 1.807) is 24.1 Å². The van der Waals surface area contributed by atoms with Gasteiger partial charge in [0.2, 0.25) is 5.91 Å². The van der Waals surface area contributed by atoms with Crippen LogP contribution in [0.25, 0.3) is 0 Å². The van der Waals surface area contributed by atoms with E-state index < -0.39 is 10.3 Å². The number of amides is 1. The van der Waals surface area contributed by atoms with Gasteiger partial charge in [-0.25, -0.2) is 0 Å². The Morgan fingerprint density at radius 1 is 1.40 bits per heavy atom. The Morgan fingerprint density at radius 2 is 2.05 bits per heavy atom. The quantitative estimate of drug-likeness (QED) is 0.676. The summed E-state index contributed by atoms with van der Waals surface area (Å²) in [4.78, 5) is 24.4. The fraction of sp³-hybridized carbons (Fsp3) is 0.500. The molecule has 2 rings (SSSR count). The molecule has 1 aliphatic rings. The summed E-state index contributed by atoms with van der Waals surface area (Å²) < 4.78 is 0. The van der Waals surface area contributed by atoms with Crippen molar-refractivity contribution >= 4 is 17.3 Å². The van der Waals surface area contributed by atoms with Gasteiger partial charge in [-0.3, -0.25) is 14.9 Å². The molecular weight excluding hydrogens is 258 g/mol. The molecule has 1 atom stereocenters. The summed E-state index contributed by atoms with van der Waals surface area (Å²) in [5, 5.41) is 13.9. The summed E-state index contributed by atoms with van der Waals surface area (Å²) in [5.74, 6) is 0.0403. The number of carbonyl (C=O) groups is 1. The SMILES string of the molecule is CN(C(=O)C1(C)CCCNC1)c1ccc([N+](=O)[O-])cc1. The Kier molecular flexibility index (Phi) is 4.04. The largest absolute Gasteiger partial charge is 0.316 e. The maximum absolute atomic E-state index is 12.6. The predicted molar refractivity (Wildman–Crippen MR) is 76.7 cm³/mol. The van der Waals surface area contributed by atoms with E-state index >= 15 is 0 Å². The predicted octanol–water partition coefficient (Wildman–Crippen LogP) is 1.95. The van der Waals surface area contributed by atoms with E-state index in [1.165, 1.54) is 12.1 Å². The Bertz CT molecular complexity index is 507. The first kappa shape index (κ1) is 14.5. The van der Waals surface area contributed by atoms with Crippen molar-refractivity contribution in [2.45, 2.75) is 19.8 Å². The lowest BCUT2D eigenvalue weighted by molar-refractivity contribution is -0.384. The number of anilines is 1. The summed E-state index contributed by atoms with van der Waals surface area (Å²) in [6.07, 6.45) is 1.84. The minimum absolute atomic E-state index is 0.0279. The molecule has 1 aromatic rings. The molecule has 1 N–H and O–H groups in total. The van der Waals surface area contributed by atoms with Crippen LogP contribution in [0, 0.1) is 15.5 Å². The second-order valence-electron chi connectivity index (χ2n) is 5.48. The van der Waals surface area contributed by atoms with Gasteiger partial charge in [-0.05, 0) is 38.4 Å². The van der Waals surface area contributed by atoms with Gasteiger partial charge in [-0.1, -0.05) is 0 Å². The molecule has 1 amide bonds. The number of non-ortho nitro benzene ring substituents is 1. The molecule has 1 aliphatic heterocycles. The minimum Gasteiger partial charge on any atom is -0.316 e. The third kappa shape index (κ3) is 2.80. The number of nitro groups is 1. The standard InChI is InChI=1S/C14H19N3O3/c1-14(8-3-9-15-10-14)13(18)16(2)11-4-6-12(7-5-11)17(19)20/h4-7,15H,3,8-10H2,1-2H3. The molecule has 0 spiro atoms. The summed E-state index contributed by atoms with van der Waals surface area (Å²) in [5.41, 5.74) is 0.293. The third-order valence-corrected chi connectivity index (χ3v) is 3.87. The molecule has 1 heterocycles. The first-order valence-electron chi connectivity index (χ1n) is 6.67. The van der Waals surface area contributed by atoms with Crippen LogP contribution in [0.3, 0.4) is 0 Å². The third-order valence-electron chi connectivity index (χ3n) is 3.87. The number of hydrogen-bond donors (Lipinski definition) is 1. The summed E-state index contributed by atoms with van der Waals surface area (Å²) in [6, 6.07) is 6.05. The minimum atomic E-state index is -0.446. The van der Waals surface area contributed by atoms with Crippen LogP contribution in [0.2, 0.25) is 0 Å². The van der Waals surface area contributed by atoms with Crippen molar-refractivity contribution in [3.63, 3.8) is 0 Å². The maximum Gasteiger partial charge on any atom is 0.269 e. The van der Waals surface area contributed by atoms with E-state index in [1.807, 2.05) is 6.92 Å². The van der Waals surface area contributed by atoms with E-state index in [2.05, 4.69) is 5.32 Å². The van der Waals surface area contributed by atoms with E-state index in [0.717, 1.165) is 19.4 Å². The second kappa shape index (κ2) is 5.58. The van der Waals surface area contributed by atoms with Crippen molar-refractivity contribution in [2.24, 2.45) is 5.41 Å². The molecule has 1 aromatic carbocycles. The van der Waals surface area contributed by atoms with Crippen LogP contribution in [-0.2, 0) is 4.79 Å². The molecule has 6 nitrogen and oxygen atoms in total. The molecule has 1 fully saturated rings. The highest BCUT2D eigenvalue weighted by molar-refractivity contribution is 5.97. The Hall–Kier alpha value is -1.95. The van der Waals surface area contributed by atoms with Gasteiger partial charge in [0, 0.05) is 31.4 Å². The molecule has 0 radical (unpaired) electrons. The Balaban J connectivity index is 2.15. The van der Waals surface area contributed by atoms with Gasteiger partial charge in [-0.2, -0.15) is 0 Å². The van der Waals surface area contributed by atoms with Crippen molar-refractivity contribution in [1.29, 1.82) is 0 Å². The molecule has 0 aromatic heterocycles. The summed E-state index contributed by atoms with van der Waals surface area (Å²) in [6.45, 7) is 3.58. The van der Waals surface area contributed by atoms with Gasteiger partial charge in [0.1, 0.15) is 0 Å². The lowest BCUT2D eigenvalue weighted by Gasteiger charge is -2.36. The van der Waals surface area contributed by atoms with Gasteiger partial charge in [0.25, 0.3) is 5.69 Å². The Morgan fingerprint density at radius 3 is 2.55 bits per heavy atom. The van der Waals surface area contributed by atoms with Crippen LogP contribution >= 0.6 is 0 Å². The van der Waals surface area contributed by atoms with E-state index in [9.17, 15) is 14.9 Å². The highest BCUT2D eigenvalue weighted by Gasteiger charge is 2.37. The van der Waals surface area contributed by atoms with Gasteiger partial charge in [0.05, 0.1) is 10.3 Å². The molecule has 0 bridgehead atoms. The smallest absolute Gasteiger partial charge is 0.269 e. The average molecular weight is 277 g/mol. The van der Waals surface area contributed by atoms with Crippen LogP contribution in [0.4, 0.5) is 11.4 Å². The highest BCUT2D eigenvalue weighted by atomic mass is 16.6. The normalized spacial score (nSPS) is 22.3. The zero-order chi connectivity index (χ0) is 14.8. The van der Waals surface area contributed by atoms with Crippen molar-refractivity contribution in [1.82, 2.24) is 5.32 Å².